The Bertz CT molecular complexity index is 411. The predicted octanol–water partition coefficient (Wildman–Crippen LogP) is 3.39. The molecular formula is C17H26N2. The molecule has 0 spiro atoms. The normalized spacial score (nSPS) is 14.9. The SMILES string of the molecule is C=C(CNCCC)CN1CCCCc2ccccc21. The molecule has 0 aliphatic carbocycles. The molecule has 19 heavy (non-hydrogen) atoms. The second kappa shape index (κ2) is 7.34. The molecule has 0 unspecified atom stereocenters. The highest BCUT2D eigenvalue weighted by Gasteiger charge is 2.14. The van der Waals surface area contributed by atoms with E-state index < -0.39 is 0 Å². The number of benzene rings is 1. The molecule has 2 nitrogen and oxygen atoms in total. The van der Waals surface area contributed by atoms with Crippen LogP contribution >= 0.6 is 0 Å². The van der Waals surface area contributed by atoms with Crippen molar-refractivity contribution in [3.8, 4) is 0 Å². The summed E-state index contributed by atoms with van der Waals surface area (Å²) in [6.07, 6.45) is 4.98. The zero-order valence-corrected chi connectivity index (χ0v) is 12.1. The third-order valence-electron chi connectivity index (χ3n) is 3.67. The van der Waals surface area contributed by atoms with Crippen molar-refractivity contribution in [2.24, 2.45) is 0 Å². The smallest absolute Gasteiger partial charge is 0.0401 e. The molecule has 0 atom stereocenters. The van der Waals surface area contributed by atoms with Gasteiger partial charge in [0.15, 0.2) is 0 Å². The van der Waals surface area contributed by atoms with E-state index in [0.29, 0.717) is 0 Å². The fourth-order valence-corrected chi connectivity index (χ4v) is 2.70. The van der Waals surface area contributed by atoms with Gasteiger partial charge in [0, 0.05) is 25.3 Å². The van der Waals surface area contributed by atoms with Gasteiger partial charge < -0.3 is 10.2 Å². The third kappa shape index (κ3) is 4.10. The number of hydrogen-bond acceptors (Lipinski definition) is 2. The van der Waals surface area contributed by atoms with Crippen LogP contribution in [0.15, 0.2) is 36.4 Å². The van der Waals surface area contributed by atoms with Gasteiger partial charge in [-0.3, -0.25) is 0 Å². The van der Waals surface area contributed by atoms with Gasteiger partial charge in [0.05, 0.1) is 0 Å². The first-order valence-electron chi connectivity index (χ1n) is 7.51. The van der Waals surface area contributed by atoms with Crippen molar-refractivity contribution in [1.29, 1.82) is 0 Å². The number of nitrogens with one attached hydrogen (secondary N) is 1. The molecule has 0 aromatic heterocycles. The maximum Gasteiger partial charge on any atom is 0.0401 e. The largest absolute Gasteiger partial charge is 0.367 e. The van der Waals surface area contributed by atoms with Gasteiger partial charge in [-0.25, -0.2) is 0 Å². The van der Waals surface area contributed by atoms with Crippen molar-refractivity contribution in [2.75, 3.05) is 31.1 Å². The van der Waals surface area contributed by atoms with E-state index in [4.69, 9.17) is 0 Å². The lowest BCUT2D eigenvalue weighted by molar-refractivity contribution is 0.688. The van der Waals surface area contributed by atoms with Crippen LogP contribution in [0.25, 0.3) is 0 Å². The Morgan fingerprint density at radius 2 is 2.16 bits per heavy atom. The maximum atomic E-state index is 4.22. The second-order valence-corrected chi connectivity index (χ2v) is 5.43. The zero-order valence-electron chi connectivity index (χ0n) is 12.1. The predicted molar refractivity (Wildman–Crippen MR) is 83.9 cm³/mol. The van der Waals surface area contributed by atoms with E-state index in [9.17, 15) is 0 Å². The van der Waals surface area contributed by atoms with Crippen molar-refractivity contribution in [3.05, 3.63) is 42.0 Å². The van der Waals surface area contributed by atoms with Crippen LogP contribution in [0.4, 0.5) is 5.69 Å². The molecule has 104 valence electrons. The Morgan fingerprint density at radius 1 is 1.32 bits per heavy atom. The van der Waals surface area contributed by atoms with Gasteiger partial charge in [-0.15, -0.1) is 0 Å². The van der Waals surface area contributed by atoms with Crippen LogP contribution in [0.2, 0.25) is 0 Å². The average Bonchev–Trinajstić information content (AvgIpc) is 2.62. The molecule has 1 aromatic rings. The van der Waals surface area contributed by atoms with Gasteiger partial charge >= 0.3 is 0 Å². The molecule has 0 amide bonds. The lowest BCUT2D eigenvalue weighted by atomic mass is 10.1. The van der Waals surface area contributed by atoms with Crippen molar-refractivity contribution >= 4 is 5.69 Å². The minimum atomic E-state index is 0.937. The summed E-state index contributed by atoms with van der Waals surface area (Å²) >= 11 is 0. The summed E-state index contributed by atoms with van der Waals surface area (Å²) in [5, 5.41) is 3.44. The molecule has 1 N–H and O–H groups in total. The number of para-hydroxylation sites is 1. The lowest BCUT2D eigenvalue weighted by Gasteiger charge is -2.26. The Hall–Kier alpha value is -1.28. The molecule has 2 heteroatoms. The fraction of sp³-hybridized carbons (Fsp3) is 0.529. The summed E-state index contributed by atoms with van der Waals surface area (Å²) < 4.78 is 0. The van der Waals surface area contributed by atoms with Crippen molar-refractivity contribution in [2.45, 2.75) is 32.6 Å². The van der Waals surface area contributed by atoms with Gasteiger partial charge in [0.2, 0.25) is 0 Å². The van der Waals surface area contributed by atoms with Gasteiger partial charge in [0.1, 0.15) is 0 Å². The summed E-state index contributed by atoms with van der Waals surface area (Å²) in [5.41, 5.74) is 4.19. The van der Waals surface area contributed by atoms with Crippen LogP contribution in [-0.2, 0) is 6.42 Å². The molecule has 1 aliphatic heterocycles. The summed E-state index contributed by atoms with van der Waals surface area (Å²) in [5.74, 6) is 0. The van der Waals surface area contributed by atoms with E-state index in [0.717, 1.165) is 26.2 Å². The zero-order chi connectivity index (χ0) is 13.5. The molecule has 1 heterocycles. The van der Waals surface area contributed by atoms with Gasteiger partial charge in [-0.2, -0.15) is 0 Å². The van der Waals surface area contributed by atoms with Crippen molar-refractivity contribution in [1.82, 2.24) is 5.32 Å². The molecule has 0 saturated carbocycles. The highest BCUT2D eigenvalue weighted by molar-refractivity contribution is 5.55. The number of hydrogen-bond donors (Lipinski definition) is 1. The summed E-state index contributed by atoms with van der Waals surface area (Å²) in [6, 6.07) is 8.83. The van der Waals surface area contributed by atoms with Gasteiger partial charge in [0.25, 0.3) is 0 Å². The average molecular weight is 258 g/mol. The maximum absolute atomic E-state index is 4.22. The van der Waals surface area contributed by atoms with Crippen molar-refractivity contribution < 1.29 is 0 Å². The van der Waals surface area contributed by atoms with Crippen LogP contribution < -0.4 is 10.2 Å². The number of rotatable bonds is 6. The Kier molecular flexibility index (Phi) is 5.46. The first kappa shape index (κ1) is 14.1. The Morgan fingerprint density at radius 3 is 3.00 bits per heavy atom. The van der Waals surface area contributed by atoms with E-state index in [-0.39, 0.29) is 0 Å². The third-order valence-corrected chi connectivity index (χ3v) is 3.67. The van der Waals surface area contributed by atoms with Crippen LogP contribution in [0.5, 0.6) is 0 Å². The van der Waals surface area contributed by atoms with Crippen molar-refractivity contribution in [3.63, 3.8) is 0 Å². The summed E-state index contributed by atoms with van der Waals surface area (Å²) in [7, 11) is 0. The topological polar surface area (TPSA) is 15.3 Å². The first-order chi connectivity index (χ1) is 9.31. The van der Waals surface area contributed by atoms with E-state index in [2.05, 4.69) is 48.0 Å². The number of nitrogens with zero attached hydrogens (tertiary/aromatic N) is 1. The first-order valence-corrected chi connectivity index (χ1v) is 7.51. The van der Waals surface area contributed by atoms with Crippen LogP contribution in [0.3, 0.4) is 0 Å². The molecule has 0 radical (unpaired) electrons. The summed E-state index contributed by atoms with van der Waals surface area (Å²) in [4.78, 5) is 2.50. The Balaban J connectivity index is 1.98. The molecule has 2 rings (SSSR count). The fourth-order valence-electron chi connectivity index (χ4n) is 2.70. The number of anilines is 1. The Labute approximate surface area is 117 Å². The molecule has 0 fully saturated rings. The molecule has 0 bridgehead atoms. The monoisotopic (exact) mass is 258 g/mol. The minimum absolute atomic E-state index is 0.937. The molecule has 1 aliphatic rings. The van der Waals surface area contributed by atoms with E-state index in [1.807, 2.05) is 0 Å². The molecular weight excluding hydrogens is 232 g/mol. The molecule has 0 saturated heterocycles. The number of aryl methyl sites for hydroxylation is 1. The lowest BCUT2D eigenvalue weighted by Crippen LogP contribution is -2.30. The van der Waals surface area contributed by atoms with Crippen LogP contribution in [-0.4, -0.2) is 26.2 Å². The van der Waals surface area contributed by atoms with E-state index in [1.54, 1.807) is 0 Å². The van der Waals surface area contributed by atoms with E-state index >= 15 is 0 Å². The quantitative estimate of drug-likeness (QED) is 0.621. The van der Waals surface area contributed by atoms with Gasteiger partial charge in [-0.05, 0) is 49.4 Å². The van der Waals surface area contributed by atoms with Crippen LogP contribution in [0, 0.1) is 0 Å². The summed E-state index contributed by atoms with van der Waals surface area (Å²) in [6.45, 7) is 10.6. The highest BCUT2D eigenvalue weighted by atomic mass is 15.1. The number of fused-ring (bicyclic) bond motifs is 1. The second-order valence-electron chi connectivity index (χ2n) is 5.43. The highest BCUT2D eigenvalue weighted by Crippen LogP contribution is 2.26. The minimum Gasteiger partial charge on any atom is -0.367 e. The molecule has 1 aromatic carbocycles. The standard InChI is InChI=1S/C17H26N2/c1-3-11-18-13-15(2)14-19-12-7-6-9-16-8-4-5-10-17(16)19/h4-5,8,10,18H,2-3,6-7,9,11-14H2,1H3. The van der Waals surface area contributed by atoms with Gasteiger partial charge in [-0.1, -0.05) is 31.7 Å². The van der Waals surface area contributed by atoms with E-state index in [1.165, 1.54) is 42.5 Å². The van der Waals surface area contributed by atoms with Crippen LogP contribution in [0.1, 0.15) is 31.7 Å².